The first-order chi connectivity index (χ1) is 9.30. The van der Waals surface area contributed by atoms with Gasteiger partial charge in [0, 0.05) is 25.4 Å². The normalized spacial score (nSPS) is 23.8. The molecule has 5 nitrogen and oxygen atoms in total. The maximum Gasteiger partial charge on any atom is 0.418 e. The average molecular weight is 286 g/mol. The van der Waals surface area contributed by atoms with Crippen LogP contribution in [-0.2, 0) is 0 Å². The second-order valence-corrected chi connectivity index (χ2v) is 5.07. The Morgan fingerprint density at radius 2 is 2.15 bits per heavy atom. The van der Waals surface area contributed by atoms with Crippen LogP contribution in [0, 0.1) is 6.92 Å². The van der Waals surface area contributed by atoms with E-state index < -0.39 is 18.3 Å². The number of aromatic nitrogens is 3. The van der Waals surface area contributed by atoms with Gasteiger partial charge in [0.25, 0.3) is 0 Å². The summed E-state index contributed by atoms with van der Waals surface area (Å²) in [5.74, 6) is 0.410. The highest BCUT2D eigenvalue weighted by Crippen LogP contribution is 2.39. The zero-order valence-electron chi connectivity index (χ0n) is 10.7. The van der Waals surface area contributed by atoms with E-state index in [1.807, 2.05) is 0 Å². The molecule has 1 atom stereocenters. The van der Waals surface area contributed by atoms with Crippen LogP contribution in [0.5, 0.6) is 0 Å². The first kappa shape index (κ1) is 13.2. The zero-order valence-corrected chi connectivity index (χ0v) is 10.7. The molecule has 2 aromatic heterocycles. The van der Waals surface area contributed by atoms with Crippen molar-refractivity contribution < 1.29 is 18.3 Å². The molecule has 1 fully saturated rings. The Bertz CT molecular complexity index is 654. The number of halogens is 3. The lowest BCUT2D eigenvalue weighted by atomic mass is 10.0. The third-order valence-electron chi connectivity index (χ3n) is 3.57. The Labute approximate surface area is 112 Å². The first-order valence-corrected chi connectivity index (χ1v) is 6.15. The minimum Gasteiger partial charge on any atom is -0.379 e. The van der Waals surface area contributed by atoms with E-state index in [-0.39, 0.29) is 13.0 Å². The molecule has 0 bridgehead atoms. The fraction of sp³-hybridized carbons (Fsp3) is 0.500. The second-order valence-electron chi connectivity index (χ2n) is 5.07. The van der Waals surface area contributed by atoms with Crippen molar-refractivity contribution in [2.75, 3.05) is 18.0 Å². The Kier molecular flexibility index (Phi) is 2.69. The predicted molar refractivity (Wildman–Crippen MR) is 65.6 cm³/mol. The third kappa shape index (κ3) is 1.91. The molecule has 0 radical (unpaired) electrons. The summed E-state index contributed by atoms with van der Waals surface area (Å²) >= 11 is 0. The molecule has 108 valence electrons. The molecule has 2 aromatic rings. The summed E-state index contributed by atoms with van der Waals surface area (Å²) in [5, 5.41) is 13.9. The van der Waals surface area contributed by atoms with Crippen molar-refractivity contribution in [2.24, 2.45) is 0 Å². The molecule has 0 amide bonds. The van der Waals surface area contributed by atoms with Crippen molar-refractivity contribution in [1.82, 2.24) is 14.6 Å². The van der Waals surface area contributed by atoms with E-state index in [9.17, 15) is 18.3 Å². The number of hydrogen-bond donors (Lipinski definition) is 1. The molecular formula is C12H13F3N4O. The van der Waals surface area contributed by atoms with E-state index in [4.69, 9.17) is 0 Å². The number of rotatable bonds is 1. The van der Waals surface area contributed by atoms with Crippen LogP contribution in [-0.4, -0.2) is 44.6 Å². The van der Waals surface area contributed by atoms with Crippen LogP contribution in [0.1, 0.15) is 12.1 Å². The highest BCUT2D eigenvalue weighted by atomic mass is 19.4. The Morgan fingerprint density at radius 1 is 1.40 bits per heavy atom. The zero-order chi connectivity index (χ0) is 14.5. The maximum atomic E-state index is 12.8. The number of aryl methyl sites for hydroxylation is 1. The number of hydrogen-bond acceptors (Lipinski definition) is 4. The average Bonchev–Trinajstić information content (AvgIpc) is 2.90. The summed E-state index contributed by atoms with van der Waals surface area (Å²) in [6, 6.07) is 1.76. The van der Waals surface area contributed by atoms with Gasteiger partial charge in [-0.25, -0.2) is 9.50 Å². The number of alkyl halides is 3. The minimum atomic E-state index is -4.64. The van der Waals surface area contributed by atoms with Crippen LogP contribution >= 0.6 is 0 Å². The molecule has 0 aliphatic carbocycles. The van der Waals surface area contributed by atoms with Crippen molar-refractivity contribution in [3.8, 4) is 0 Å². The van der Waals surface area contributed by atoms with Crippen molar-refractivity contribution in [3.05, 3.63) is 24.2 Å². The van der Waals surface area contributed by atoms with Gasteiger partial charge in [-0.05, 0) is 13.0 Å². The molecule has 1 saturated heterocycles. The lowest BCUT2D eigenvalue weighted by molar-refractivity contribution is -0.250. The molecule has 20 heavy (non-hydrogen) atoms. The van der Waals surface area contributed by atoms with E-state index in [2.05, 4.69) is 10.1 Å². The summed E-state index contributed by atoms with van der Waals surface area (Å²) in [6.07, 6.45) is -1.87. The topological polar surface area (TPSA) is 53.7 Å². The van der Waals surface area contributed by atoms with Gasteiger partial charge in [0.05, 0.1) is 12.2 Å². The monoisotopic (exact) mass is 286 g/mol. The maximum absolute atomic E-state index is 12.8. The Balaban J connectivity index is 1.98. The highest BCUT2D eigenvalue weighted by Gasteiger charge is 2.57. The molecule has 0 aromatic carbocycles. The summed E-state index contributed by atoms with van der Waals surface area (Å²) in [5.41, 5.74) is -1.28. The predicted octanol–water partition coefficient (Wildman–Crippen LogP) is 1.54. The summed E-state index contributed by atoms with van der Waals surface area (Å²) in [6.45, 7) is 1.40. The van der Waals surface area contributed by atoms with Crippen LogP contribution in [0.3, 0.4) is 0 Å². The van der Waals surface area contributed by atoms with E-state index in [1.165, 1.54) is 11.1 Å². The summed E-state index contributed by atoms with van der Waals surface area (Å²) in [4.78, 5) is 5.58. The van der Waals surface area contributed by atoms with Crippen LogP contribution in [0.15, 0.2) is 18.5 Å². The summed E-state index contributed by atoms with van der Waals surface area (Å²) < 4.78 is 40.1. The molecule has 8 heteroatoms. The molecule has 3 rings (SSSR count). The van der Waals surface area contributed by atoms with Gasteiger partial charge in [0.15, 0.2) is 11.4 Å². The number of nitrogens with zero attached hydrogens (tertiary/aromatic N) is 4. The molecule has 1 aliphatic rings. The Morgan fingerprint density at radius 3 is 2.80 bits per heavy atom. The lowest BCUT2D eigenvalue weighted by Gasteiger charge is -2.26. The van der Waals surface area contributed by atoms with Crippen LogP contribution < -0.4 is 4.90 Å². The number of fused-ring (bicyclic) bond motifs is 1. The van der Waals surface area contributed by atoms with Crippen molar-refractivity contribution in [2.45, 2.75) is 25.1 Å². The van der Waals surface area contributed by atoms with Crippen molar-refractivity contribution in [3.63, 3.8) is 0 Å². The summed E-state index contributed by atoms with van der Waals surface area (Å²) in [7, 11) is 0. The fourth-order valence-corrected chi connectivity index (χ4v) is 2.48. The number of aliphatic hydroxyl groups is 1. The van der Waals surface area contributed by atoms with Crippen molar-refractivity contribution in [1.29, 1.82) is 0 Å². The van der Waals surface area contributed by atoms with Gasteiger partial charge in [-0.1, -0.05) is 0 Å². The van der Waals surface area contributed by atoms with Crippen LogP contribution in [0.4, 0.5) is 19.0 Å². The van der Waals surface area contributed by atoms with Crippen LogP contribution in [0.2, 0.25) is 0 Å². The van der Waals surface area contributed by atoms with E-state index in [1.54, 1.807) is 23.7 Å². The van der Waals surface area contributed by atoms with Gasteiger partial charge in [0.2, 0.25) is 0 Å². The fourth-order valence-electron chi connectivity index (χ4n) is 2.48. The largest absolute Gasteiger partial charge is 0.418 e. The van der Waals surface area contributed by atoms with Crippen molar-refractivity contribution >= 4 is 11.3 Å². The lowest BCUT2D eigenvalue weighted by Crippen LogP contribution is -2.47. The Hall–Kier alpha value is -1.83. The highest BCUT2D eigenvalue weighted by molar-refractivity contribution is 5.69. The quantitative estimate of drug-likeness (QED) is 0.864. The smallest absolute Gasteiger partial charge is 0.379 e. The van der Waals surface area contributed by atoms with Gasteiger partial charge >= 0.3 is 6.18 Å². The van der Waals surface area contributed by atoms with Gasteiger partial charge in [0.1, 0.15) is 5.52 Å². The number of anilines is 1. The molecule has 0 saturated carbocycles. The molecule has 1 N–H and O–H groups in total. The first-order valence-electron chi connectivity index (χ1n) is 6.15. The van der Waals surface area contributed by atoms with Gasteiger partial charge in [-0.15, -0.1) is 0 Å². The number of β-amino-alcohol motifs (C(OH)–C–C–N with tert-alkyl or cyclic N) is 1. The minimum absolute atomic E-state index is 0.104. The van der Waals surface area contributed by atoms with E-state index in [0.29, 0.717) is 11.3 Å². The van der Waals surface area contributed by atoms with Gasteiger partial charge in [-0.3, -0.25) is 0 Å². The van der Waals surface area contributed by atoms with Gasteiger partial charge < -0.3 is 10.0 Å². The molecule has 0 spiro atoms. The third-order valence-corrected chi connectivity index (χ3v) is 3.57. The van der Waals surface area contributed by atoms with E-state index in [0.717, 1.165) is 5.69 Å². The second kappa shape index (κ2) is 4.08. The van der Waals surface area contributed by atoms with Gasteiger partial charge in [-0.2, -0.15) is 18.3 Å². The molecule has 3 heterocycles. The molecule has 1 aliphatic heterocycles. The van der Waals surface area contributed by atoms with Crippen LogP contribution in [0.25, 0.3) is 5.52 Å². The SMILES string of the molecule is Cc1cc2c(N3CCC(O)(C(F)(F)F)C3)nccn2n1. The molecular weight excluding hydrogens is 273 g/mol. The standard InChI is InChI=1S/C12H13F3N4O/c1-8-6-9-10(16-3-5-19(9)17-8)18-4-2-11(20,7-18)12(13,14)15/h3,5-6,20H,2,4,7H2,1H3. The van der Waals surface area contributed by atoms with E-state index >= 15 is 0 Å². The molecule has 1 unspecified atom stereocenters.